The molecule has 2 aromatic rings. The van der Waals surface area contributed by atoms with Gasteiger partial charge in [-0.1, -0.05) is 12.1 Å². The van der Waals surface area contributed by atoms with Gasteiger partial charge in [-0.2, -0.15) is 0 Å². The second-order valence-electron chi connectivity index (χ2n) is 4.11. The first-order valence-electron chi connectivity index (χ1n) is 5.40. The average molecular weight is 247 g/mol. The minimum absolute atomic E-state index is 0.133. The van der Waals surface area contributed by atoms with Crippen molar-refractivity contribution in [3.05, 3.63) is 45.8 Å². The molecule has 2 rings (SSSR count). The zero-order valence-electron chi connectivity index (χ0n) is 10.4. The van der Waals surface area contributed by atoms with Gasteiger partial charge in [0.25, 0.3) is 0 Å². The Balaban J connectivity index is 2.42. The molecule has 0 fully saturated rings. The summed E-state index contributed by atoms with van der Waals surface area (Å²) in [7, 11) is 1.65. The van der Waals surface area contributed by atoms with Crippen molar-refractivity contribution in [2.24, 2.45) is 7.05 Å². The third-order valence-corrected chi connectivity index (χ3v) is 2.59. The number of nitro groups is 1. The van der Waals surface area contributed by atoms with Gasteiger partial charge in [0.1, 0.15) is 5.75 Å². The van der Waals surface area contributed by atoms with Crippen molar-refractivity contribution in [3.63, 3.8) is 0 Å². The SMILES string of the molecule is Cc1ccc(C)c(Oc2c([N+](=O)[O-])ncn2C)c1. The molecule has 0 N–H and O–H groups in total. The van der Waals surface area contributed by atoms with E-state index in [0.717, 1.165) is 11.1 Å². The van der Waals surface area contributed by atoms with Crippen LogP contribution in [0.25, 0.3) is 0 Å². The average Bonchev–Trinajstić information content (AvgIpc) is 2.66. The quantitative estimate of drug-likeness (QED) is 0.617. The first kappa shape index (κ1) is 12.1. The van der Waals surface area contributed by atoms with Crippen LogP contribution in [-0.2, 0) is 7.05 Å². The van der Waals surface area contributed by atoms with Gasteiger partial charge >= 0.3 is 11.7 Å². The number of hydrogen-bond donors (Lipinski definition) is 0. The Morgan fingerprint density at radius 1 is 1.39 bits per heavy atom. The monoisotopic (exact) mass is 247 g/mol. The molecule has 0 bridgehead atoms. The molecule has 6 heteroatoms. The van der Waals surface area contributed by atoms with Crippen LogP contribution >= 0.6 is 0 Å². The number of nitrogens with zero attached hydrogens (tertiary/aromatic N) is 3. The van der Waals surface area contributed by atoms with Crippen molar-refractivity contribution < 1.29 is 9.66 Å². The maximum Gasteiger partial charge on any atom is 0.427 e. The molecule has 0 saturated heterocycles. The lowest BCUT2D eigenvalue weighted by atomic mass is 10.1. The van der Waals surface area contributed by atoms with Gasteiger partial charge in [-0.15, -0.1) is 0 Å². The topological polar surface area (TPSA) is 70.2 Å². The Bertz CT molecular complexity index is 605. The van der Waals surface area contributed by atoms with Gasteiger partial charge in [0.05, 0.1) is 0 Å². The van der Waals surface area contributed by atoms with Crippen molar-refractivity contribution in [3.8, 4) is 11.6 Å². The van der Waals surface area contributed by atoms with E-state index in [1.54, 1.807) is 7.05 Å². The van der Waals surface area contributed by atoms with E-state index >= 15 is 0 Å². The number of ether oxygens (including phenoxy) is 1. The number of aromatic nitrogens is 2. The minimum atomic E-state index is -0.555. The molecule has 0 spiro atoms. The summed E-state index contributed by atoms with van der Waals surface area (Å²) in [5.74, 6) is 0.453. The zero-order valence-corrected chi connectivity index (χ0v) is 10.4. The van der Waals surface area contributed by atoms with Gasteiger partial charge in [-0.25, -0.2) is 0 Å². The molecule has 1 heterocycles. The second kappa shape index (κ2) is 4.48. The Kier molecular flexibility index (Phi) is 3.01. The molecule has 1 aromatic heterocycles. The molecule has 0 saturated carbocycles. The highest BCUT2D eigenvalue weighted by Crippen LogP contribution is 2.31. The molecule has 0 aliphatic carbocycles. The fourth-order valence-electron chi connectivity index (χ4n) is 1.57. The molecule has 94 valence electrons. The summed E-state index contributed by atoms with van der Waals surface area (Å²) in [5, 5.41) is 10.8. The van der Waals surface area contributed by atoms with Gasteiger partial charge in [0, 0.05) is 7.05 Å². The molecule has 1 aromatic carbocycles. The van der Waals surface area contributed by atoms with Gasteiger partial charge in [-0.3, -0.25) is 4.57 Å². The van der Waals surface area contributed by atoms with Gasteiger partial charge in [0.2, 0.25) is 6.33 Å². The van der Waals surface area contributed by atoms with E-state index in [0.29, 0.717) is 5.75 Å². The fraction of sp³-hybridized carbons (Fsp3) is 0.250. The van der Waals surface area contributed by atoms with Crippen molar-refractivity contribution in [2.75, 3.05) is 0 Å². The van der Waals surface area contributed by atoms with E-state index in [-0.39, 0.29) is 11.7 Å². The van der Waals surface area contributed by atoms with Crippen molar-refractivity contribution in [1.82, 2.24) is 9.55 Å². The minimum Gasteiger partial charge on any atom is -0.433 e. The Hall–Kier alpha value is -2.37. The Morgan fingerprint density at radius 2 is 2.11 bits per heavy atom. The predicted molar refractivity (Wildman–Crippen MR) is 65.9 cm³/mol. The normalized spacial score (nSPS) is 10.4. The van der Waals surface area contributed by atoms with Crippen LogP contribution < -0.4 is 4.74 Å². The van der Waals surface area contributed by atoms with Crippen LogP contribution in [0.2, 0.25) is 0 Å². The Labute approximate surface area is 104 Å². The molecule has 0 aliphatic heterocycles. The summed E-state index contributed by atoms with van der Waals surface area (Å²) in [6, 6.07) is 5.71. The molecule has 6 nitrogen and oxygen atoms in total. The first-order chi connectivity index (χ1) is 8.49. The highest BCUT2D eigenvalue weighted by Gasteiger charge is 2.22. The Morgan fingerprint density at radius 3 is 2.78 bits per heavy atom. The standard InChI is InChI=1S/C12H13N3O3/c1-8-4-5-9(2)10(6-8)18-12-11(15(16)17)13-7-14(12)3/h4-7H,1-3H3. The van der Waals surface area contributed by atoms with E-state index in [2.05, 4.69) is 4.98 Å². The molecule has 0 aliphatic rings. The first-order valence-corrected chi connectivity index (χ1v) is 5.40. The third-order valence-electron chi connectivity index (χ3n) is 2.59. The molecule has 0 amide bonds. The maximum absolute atomic E-state index is 10.8. The van der Waals surface area contributed by atoms with E-state index in [4.69, 9.17) is 4.74 Å². The summed E-state index contributed by atoms with van der Waals surface area (Å²) < 4.78 is 7.10. The summed E-state index contributed by atoms with van der Waals surface area (Å²) in [4.78, 5) is 14.0. The van der Waals surface area contributed by atoms with E-state index in [1.165, 1.54) is 10.9 Å². The van der Waals surface area contributed by atoms with Crippen molar-refractivity contribution >= 4 is 5.82 Å². The lowest BCUT2D eigenvalue weighted by molar-refractivity contribution is -0.390. The summed E-state index contributed by atoms with van der Waals surface area (Å²) >= 11 is 0. The molecule has 18 heavy (non-hydrogen) atoms. The van der Waals surface area contributed by atoms with E-state index in [1.807, 2.05) is 32.0 Å². The van der Waals surface area contributed by atoms with Crippen LogP contribution in [0.4, 0.5) is 5.82 Å². The molecular formula is C12H13N3O3. The van der Waals surface area contributed by atoms with Crippen LogP contribution in [0, 0.1) is 24.0 Å². The molecule has 0 atom stereocenters. The second-order valence-corrected chi connectivity index (χ2v) is 4.11. The lowest BCUT2D eigenvalue weighted by Crippen LogP contribution is -1.97. The lowest BCUT2D eigenvalue weighted by Gasteiger charge is -2.08. The zero-order chi connectivity index (χ0) is 13.3. The van der Waals surface area contributed by atoms with Crippen LogP contribution in [-0.4, -0.2) is 14.5 Å². The van der Waals surface area contributed by atoms with Gasteiger partial charge in [-0.05, 0) is 40.9 Å². The summed E-state index contributed by atoms with van der Waals surface area (Å²) in [6.07, 6.45) is 1.36. The highest BCUT2D eigenvalue weighted by molar-refractivity contribution is 5.42. The van der Waals surface area contributed by atoms with E-state index in [9.17, 15) is 10.1 Å². The number of benzene rings is 1. The third kappa shape index (κ3) is 2.17. The van der Waals surface area contributed by atoms with Crippen LogP contribution in [0.5, 0.6) is 11.6 Å². The molecule has 0 radical (unpaired) electrons. The predicted octanol–water partition coefficient (Wildman–Crippen LogP) is 2.74. The summed E-state index contributed by atoms with van der Waals surface area (Å²) in [5.41, 5.74) is 1.94. The largest absolute Gasteiger partial charge is 0.433 e. The summed E-state index contributed by atoms with van der Waals surface area (Å²) in [6.45, 7) is 3.82. The van der Waals surface area contributed by atoms with Crippen LogP contribution in [0.1, 0.15) is 11.1 Å². The maximum atomic E-state index is 10.8. The van der Waals surface area contributed by atoms with Gasteiger partial charge < -0.3 is 14.9 Å². The van der Waals surface area contributed by atoms with Crippen molar-refractivity contribution in [2.45, 2.75) is 13.8 Å². The molecule has 0 unspecified atom stereocenters. The van der Waals surface area contributed by atoms with E-state index < -0.39 is 4.92 Å². The van der Waals surface area contributed by atoms with Crippen LogP contribution in [0.15, 0.2) is 24.5 Å². The van der Waals surface area contributed by atoms with Crippen LogP contribution in [0.3, 0.4) is 0 Å². The highest BCUT2D eigenvalue weighted by atomic mass is 16.6. The number of aryl methyl sites for hydroxylation is 3. The molecular weight excluding hydrogens is 234 g/mol. The number of imidazole rings is 1. The van der Waals surface area contributed by atoms with Crippen molar-refractivity contribution in [1.29, 1.82) is 0 Å². The number of hydrogen-bond acceptors (Lipinski definition) is 4. The number of rotatable bonds is 3. The van der Waals surface area contributed by atoms with Gasteiger partial charge in [0.15, 0.2) is 0 Å². The fourth-order valence-corrected chi connectivity index (χ4v) is 1.57. The smallest absolute Gasteiger partial charge is 0.427 e.